The number of aromatic nitrogens is 2. The molecule has 0 spiro atoms. The average molecular weight is 889 g/mol. The lowest BCUT2D eigenvalue weighted by molar-refractivity contribution is 0.0122. The van der Waals surface area contributed by atoms with E-state index in [1.54, 1.807) is 13.2 Å². The van der Waals surface area contributed by atoms with Gasteiger partial charge in [-0.05, 0) is 106 Å². The topological polar surface area (TPSA) is 102 Å². The second-order valence-electron chi connectivity index (χ2n) is 20.1. The van der Waals surface area contributed by atoms with Gasteiger partial charge in [0.1, 0.15) is 37.2 Å². The number of anilines is 2. The summed E-state index contributed by atoms with van der Waals surface area (Å²) >= 11 is 0. The number of alkyl halides is 1. The summed E-state index contributed by atoms with van der Waals surface area (Å²) in [4.78, 5) is 30.2. The Morgan fingerprint density at radius 3 is 2.37 bits per heavy atom. The van der Waals surface area contributed by atoms with Crippen LogP contribution >= 0.6 is 0 Å². The highest BCUT2D eigenvalue weighted by Gasteiger charge is 2.46. The van der Waals surface area contributed by atoms with Gasteiger partial charge in [0, 0.05) is 50.3 Å². The van der Waals surface area contributed by atoms with Gasteiger partial charge in [-0.1, -0.05) is 53.5 Å². The van der Waals surface area contributed by atoms with Crippen molar-refractivity contribution in [3.05, 3.63) is 46.9 Å². The van der Waals surface area contributed by atoms with Gasteiger partial charge in [0.2, 0.25) is 0 Å². The largest absolute Gasteiger partial charge is 0.467 e. The molecule has 344 valence electrons. The molecule has 3 fully saturated rings. The minimum Gasteiger partial charge on any atom is -0.467 e. The Labute approximate surface area is 375 Å². The van der Waals surface area contributed by atoms with Crippen LogP contribution in [0.4, 0.5) is 25.1 Å². The van der Waals surface area contributed by atoms with E-state index >= 15 is 4.39 Å². The molecule has 0 aliphatic carbocycles. The molecule has 0 saturated carbocycles. The van der Waals surface area contributed by atoms with Gasteiger partial charge >= 0.3 is 12.1 Å². The first-order valence-electron chi connectivity index (χ1n) is 23.3. The molecule has 4 aliphatic rings. The van der Waals surface area contributed by atoms with Crippen LogP contribution in [0.3, 0.4) is 0 Å². The summed E-state index contributed by atoms with van der Waals surface area (Å²) in [5.74, 6) is 4.60. The Kier molecular flexibility index (Phi) is 14.5. The third-order valence-electron chi connectivity index (χ3n) is 13.8. The van der Waals surface area contributed by atoms with Gasteiger partial charge in [-0.3, -0.25) is 4.90 Å². The van der Waals surface area contributed by atoms with Crippen molar-refractivity contribution in [2.75, 3.05) is 63.0 Å². The van der Waals surface area contributed by atoms with Crippen molar-refractivity contribution in [1.82, 2.24) is 20.2 Å². The Morgan fingerprint density at radius 1 is 0.984 bits per heavy atom. The fourth-order valence-corrected chi connectivity index (χ4v) is 16.1. The summed E-state index contributed by atoms with van der Waals surface area (Å²) in [6, 6.07) is 7.46. The second kappa shape index (κ2) is 19.5. The van der Waals surface area contributed by atoms with Crippen LogP contribution in [0, 0.1) is 23.2 Å². The molecule has 4 atom stereocenters. The number of hydrogen-bond acceptors (Lipinski definition) is 10. The number of halogens is 2. The second-order valence-corrected chi connectivity index (χ2v) is 25.7. The number of piperazine rings is 1. The van der Waals surface area contributed by atoms with Gasteiger partial charge in [-0.15, -0.1) is 5.54 Å². The summed E-state index contributed by atoms with van der Waals surface area (Å²) in [6.07, 6.45) is 3.39. The first-order valence-corrected chi connectivity index (χ1v) is 25.5. The molecule has 2 unspecified atom stereocenters. The standard InChI is InChI=1S/C49H70F2N6O5Si/c1-31(2)63(32(3)4,33(5)6)21-18-40-42(51)16-13-35-23-39(61-30-59-10)24-44(45(35)40)55-20-17-41-43(28-55)53-47(60-29-34-12-11-19-52-25-36(50)22-34)54-46(41)56-26-37-14-15-38(27-56)57(37)48(58)62-49(7,8)9/h13,16,23-24,31-34,36-38,52H,11-12,14-15,17,19-20,22,25-30H2,1-10H3/t34-,36-,37?,38?/m1/s1. The predicted octanol–water partition coefficient (Wildman–Crippen LogP) is 9.58. The summed E-state index contributed by atoms with van der Waals surface area (Å²) in [5, 5.41) is 4.77. The minimum absolute atomic E-state index is 0.0155. The molecule has 1 aromatic heterocycles. The van der Waals surface area contributed by atoms with E-state index in [-0.39, 0.29) is 42.7 Å². The molecular weight excluding hydrogens is 819 g/mol. The molecule has 4 aliphatic heterocycles. The van der Waals surface area contributed by atoms with Gasteiger partial charge in [0.25, 0.3) is 0 Å². The van der Waals surface area contributed by atoms with E-state index in [0.717, 1.165) is 65.8 Å². The van der Waals surface area contributed by atoms with Crippen LogP contribution < -0.4 is 24.6 Å². The van der Waals surface area contributed by atoms with Crippen molar-refractivity contribution >= 4 is 36.4 Å². The van der Waals surface area contributed by atoms with Crippen molar-refractivity contribution in [2.45, 2.75) is 148 Å². The molecule has 3 aromatic rings. The quantitative estimate of drug-likeness (QED) is 0.114. The molecule has 1 N–H and O–H groups in total. The van der Waals surface area contributed by atoms with Crippen LogP contribution in [-0.4, -0.2) is 106 Å². The van der Waals surface area contributed by atoms with Crippen LogP contribution in [0.15, 0.2) is 24.3 Å². The highest BCUT2D eigenvalue weighted by Crippen LogP contribution is 2.43. The molecule has 5 heterocycles. The summed E-state index contributed by atoms with van der Waals surface area (Å²) in [7, 11) is -0.622. The summed E-state index contributed by atoms with van der Waals surface area (Å²) in [5.41, 5.74) is 7.42. The van der Waals surface area contributed by atoms with Gasteiger partial charge in [0.15, 0.2) is 6.79 Å². The van der Waals surface area contributed by atoms with E-state index in [9.17, 15) is 9.18 Å². The van der Waals surface area contributed by atoms with E-state index in [0.29, 0.717) is 80.1 Å². The lowest BCUT2D eigenvalue weighted by Crippen LogP contribution is -2.57. The van der Waals surface area contributed by atoms with E-state index < -0.39 is 19.8 Å². The molecule has 11 nitrogen and oxygen atoms in total. The van der Waals surface area contributed by atoms with Gasteiger partial charge in [-0.2, -0.15) is 9.97 Å². The van der Waals surface area contributed by atoms with Crippen molar-refractivity contribution in [1.29, 1.82) is 0 Å². The molecule has 14 heteroatoms. The number of fused-ring (bicyclic) bond motifs is 4. The number of nitrogens with one attached hydrogen (secondary N) is 1. The number of methoxy groups -OCH3 is 1. The number of amides is 1. The Bertz CT molecular complexity index is 2140. The van der Waals surface area contributed by atoms with Crippen molar-refractivity contribution < 1.29 is 32.5 Å². The zero-order valence-electron chi connectivity index (χ0n) is 39.3. The predicted molar refractivity (Wildman–Crippen MR) is 249 cm³/mol. The SMILES string of the molecule is COCOc1cc(N2CCc3c(nc(OC[C@@H]4CCCNC[C@H](F)C4)nc3N3CC4CCC(C3)N4C(=O)OC(C)(C)C)C2)c2c(C#C[Si](C(C)C)(C(C)C)C(C)C)c(F)ccc2c1. The van der Waals surface area contributed by atoms with Gasteiger partial charge < -0.3 is 34.1 Å². The van der Waals surface area contributed by atoms with Gasteiger partial charge in [0.05, 0.1) is 42.2 Å². The molecule has 2 aromatic carbocycles. The van der Waals surface area contributed by atoms with Crippen LogP contribution in [0.25, 0.3) is 10.8 Å². The average Bonchev–Trinajstić information content (AvgIpc) is 3.49. The lowest BCUT2D eigenvalue weighted by atomic mass is 9.96. The fraction of sp³-hybridized carbons (Fsp3) is 0.653. The zero-order chi connectivity index (χ0) is 45.2. The number of carbonyl (C=O) groups excluding carboxylic acids is 1. The Balaban J connectivity index is 1.29. The molecule has 7 rings (SSSR count). The fourth-order valence-electron chi connectivity index (χ4n) is 10.9. The zero-order valence-corrected chi connectivity index (χ0v) is 40.3. The minimum atomic E-state index is -2.21. The molecule has 2 bridgehead atoms. The van der Waals surface area contributed by atoms with Gasteiger partial charge in [-0.25, -0.2) is 13.6 Å². The highest BCUT2D eigenvalue weighted by atomic mass is 28.3. The van der Waals surface area contributed by atoms with Crippen molar-refractivity contribution in [2.24, 2.45) is 5.92 Å². The first kappa shape index (κ1) is 46.8. The maximum Gasteiger partial charge on any atom is 0.410 e. The van der Waals surface area contributed by atoms with Crippen LogP contribution in [-0.2, 0) is 22.4 Å². The number of ether oxygens (including phenoxy) is 4. The molecule has 0 radical (unpaired) electrons. The normalized spacial score (nSPS) is 21.9. The van der Waals surface area contributed by atoms with E-state index in [1.165, 1.54) is 6.07 Å². The third-order valence-corrected chi connectivity index (χ3v) is 20.0. The summed E-state index contributed by atoms with van der Waals surface area (Å²) < 4.78 is 54.9. The smallest absolute Gasteiger partial charge is 0.410 e. The van der Waals surface area contributed by atoms with E-state index in [1.807, 2.05) is 37.8 Å². The van der Waals surface area contributed by atoms with Crippen LogP contribution in [0.2, 0.25) is 16.6 Å². The number of nitrogens with zero attached hydrogens (tertiary/aromatic N) is 5. The van der Waals surface area contributed by atoms with E-state index in [4.69, 9.17) is 28.9 Å². The van der Waals surface area contributed by atoms with Crippen LogP contribution in [0.1, 0.15) is 111 Å². The third kappa shape index (κ3) is 10.2. The number of rotatable bonds is 11. The first-order chi connectivity index (χ1) is 30.0. The van der Waals surface area contributed by atoms with Crippen LogP contribution in [0.5, 0.6) is 11.8 Å². The Hall–Kier alpha value is -4.19. The molecular formula is C49H70F2N6O5Si. The Morgan fingerprint density at radius 2 is 1.70 bits per heavy atom. The lowest BCUT2D eigenvalue weighted by Gasteiger charge is -2.43. The monoisotopic (exact) mass is 889 g/mol. The number of benzene rings is 2. The number of hydrogen-bond donors (Lipinski definition) is 1. The maximum absolute atomic E-state index is 16.4. The summed E-state index contributed by atoms with van der Waals surface area (Å²) in [6.45, 7) is 23.1. The number of carbonyl (C=O) groups is 1. The maximum atomic E-state index is 16.4. The highest BCUT2D eigenvalue weighted by molar-refractivity contribution is 6.90. The van der Waals surface area contributed by atoms with E-state index in [2.05, 4.69) is 68.1 Å². The molecule has 63 heavy (non-hydrogen) atoms. The van der Waals surface area contributed by atoms with Crippen molar-refractivity contribution in [3.8, 4) is 23.2 Å². The van der Waals surface area contributed by atoms with Crippen molar-refractivity contribution in [3.63, 3.8) is 0 Å². The molecule has 1 amide bonds. The molecule has 3 saturated heterocycles.